The third-order valence-corrected chi connectivity index (χ3v) is 5.75. The summed E-state index contributed by atoms with van der Waals surface area (Å²) < 4.78 is 2.15. The van der Waals surface area contributed by atoms with Gasteiger partial charge in [-0.3, -0.25) is 9.36 Å². The number of benzene rings is 1. The number of thioether (sulfide) groups is 1. The van der Waals surface area contributed by atoms with Crippen LogP contribution in [0.15, 0.2) is 41.0 Å². The van der Waals surface area contributed by atoms with Crippen LogP contribution in [0, 0.1) is 0 Å². The lowest BCUT2D eigenvalue weighted by Crippen LogP contribution is -2.33. The third kappa shape index (κ3) is 3.07. The number of anilines is 1. The van der Waals surface area contributed by atoms with E-state index in [1.165, 1.54) is 28.7 Å². The van der Waals surface area contributed by atoms with Crippen molar-refractivity contribution < 1.29 is 4.79 Å². The van der Waals surface area contributed by atoms with E-state index >= 15 is 0 Å². The number of hydrogen-bond acceptors (Lipinski definition) is 6. The first kappa shape index (κ1) is 16.3. The topological polar surface area (TPSA) is 72.7 Å². The molecule has 0 atom stereocenters. The van der Waals surface area contributed by atoms with Crippen LogP contribution in [0.1, 0.15) is 19.4 Å². The highest BCUT2D eigenvalue weighted by atomic mass is 32.2. The normalized spacial score (nSPS) is 14.6. The minimum atomic E-state index is -0.138. The van der Waals surface area contributed by atoms with Crippen molar-refractivity contribution in [1.82, 2.24) is 19.7 Å². The molecule has 1 N–H and O–H groups in total. The Bertz CT molecular complexity index is 917. The van der Waals surface area contributed by atoms with Crippen LogP contribution in [-0.4, -0.2) is 31.4 Å². The quantitative estimate of drug-likeness (QED) is 0.712. The first-order valence-electron chi connectivity index (χ1n) is 7.91. The lowest BCUT2D eigenvalue weighted by Gasteiger charge is -2.34. The minimum absolute atomic E-state index is 0.0914. The second-order valence-electron chi connectivity index (χ2n) is 6.46. The number of hydrogen-bond donors (Lipinski definition) is 1. The summed E-state index contributed by atoms with van der Waals surface area (Å²) in [6.45, 7) is 4.35. The predicted octanol–water partition coefficient (Wildman–Crippen LogP) is 3.42. The van der Waals surface area contributed by atoms with Crippen LogP contribution in [0.25, 0.3) is 11.4 Å². The van der Waals surface area contributed by atoms with Gasteiger partial charge in [0.25, 0.3) is 0 Å². The van der Waals surface area contributed by atoms with Crippen molar-refractivity contribution in [2.75, 3.05) is 11.1 Å². The number of nitrogens with one attached hydrogen (secondary N) is 1. The molecular weight excluding hydrogens is 354 g/mol. The summed E-state index contributed by atoms with van der Waals surface area (Å²) in [5.74, 6) is 1.05. The van der Waals surface area contributed by atoms with Gasteiger partial charge in [-0.05, 0) is 25.8 Å². The fourth-order valence-corrected chi connectivity index (χ4v) is 4.53. The van der Waals surface area contributed by atoms with E-state index < -0.39 is 0 Å². The molecule has 3 heterocycles. The number of thiazole rings is 1. The van der Waals surface area contributed by atoms with Crippen LogP contribution in [0.4, 0.5) is 5.13 Å². The van der Waals surface area contributed by atoms with E-state index in [2.05, 4.69) is 57.1 Å². The molecule has 0 bridgehead atoms. The van der Waals surface area contributed by atoms with Gasteiger partial charge in [0.1, 0.15) is 0 Å². The Morgan fingerprint density at radius 1 is 1.36 bits per heavy atom. The van der Waals surface area contributed by atoms with Crippen LogP contribution >= 0.6 is 23.1 Å². The standard InChI is InChI=1S/C17H17N5OS2/c1-17(2)9-11-5-3-4-6-12(11)14-20-21-16(22(14)17)25-10-13(23)19-15-18-7-8-24-15/h3-8H,9-10H2,1-2H3,(H,18,19,23). The van der Waals surface area contributed by atoms with E-state index in [0.29, 0.717) is 5.13 Å². The van der Waals surface area contributed by atoms with Gasteiger partial charge >= 0.3 is 0 Å². The maximum Gasteiger partial charge on any atom is 0.236 e. The van der Waals surface area contributed by atoms with E-state index in [4.69, 9.17) is 0 Å². The van der Waals surface area contributed by atoms with Gasteiger partial charge < -0.3 is 5.32 Å². The molecule has 0 aliphatic carbocycles. The molecule has 0 radical (unpaired) electrons. The van der Waals surface area contributed by atoms with E-state index in [1.807, 2.05) is 11.4 Å². The van der Waals surface area contributed by atoms with Crippen LogP contribution in [0.5, 0.6) is 0 Å². The maximum atomic E-state index is 12.1. The Morgan fingerprint density at radius 2 is 2.20 bits per heavy atom. The fraction of sp³-hybridized carbons (Fsp3) is 0.294. The SMILES string of the molecule is CC1(C)Cc2ccccc2-c2nnc(SCC(=O)Nc3nccs3)n21. The van der Waals surface area contributed by atoms with Gasteiger partial charge in [-0.25, -0.2) is 4.98 Å². The summed E-state index contributed by atoms with van der Waals surface area (Å²) >= 11 is 2.81. The zero-order valence-electron chi connectivity index (χ0n) is 13.9. The highest BCUT2D eigenvalue weighted by Gasteiger charge is 2.34. The van der Waals surface area contributed by atoms with Crippen molar-refractivity contribution in [3.8, 4) is 11.4 Å². The fourth-order valence-electron chi connectivity index (χ4n) is 3.09. The molecule has 0 fully saturated rings. The van der Waals surface area contributed by atoms with Crippen molar-refractivity contribution in [3.63, 3.8) is 0 Å². The molecular formula is C17H17N5OS2. The molecule has 6 nitrogen and oxygen atoms in total. The van der Waals surface area contributed by atoms with Crippen molar-refractivity contribution in [1.29, 1.82) is 0 Å². The molecule has 25 heavy (non-hydrogen) atoms. The first-order chi connectivity index (χ1) is 12.0. The van der Waals surface area contributed by atoms with Gasteiger partial charge in [0.2, 0.25) is 5.91 Å². The summed E-state index contributed by atoms with van der Waals surface area (Å²) in [6.07, 6.45) is 2.58. The monoisotopic (exact) mass is 371 g/mol. The molecule has 1 amide bonds. The molecule has 4 rings (SSSR count). The van der Waals surface area contributed by atoms with Crippen LogP contribution in [0.2, 0.25) is 0 Å². The molecule has 2 aromatic heterocycles. The molecule has 1 aromatic carbocycles. The Labute approximate surface area is 153 Å². The van der Waals surface area contributed by atoms with Crippen molar-refractivity contribution >= 4 is 34.1 Å². The predicted molar refractivity (Wildman–Crippen MR) is 100.0 cm³/mol. The van der Waals surface area contributed by atoms with E-state index in [0.717, 1.165) is 23.0 Å². The van der Waals surface area contributed by atoms with Gasteiger partial charge in [-0.2, -0.15) is 0 Å². The summed E-state index contributed by atoms with van der Waals surface area (Å²) in [6, 6.07) is 8.29. The molecule has 1 aliphatic heterocycles. The largest absolute Gasteiger partial charge is 0.301 e. The molecule has 8 heteroatoms. The number of carbonyl (C=O) groups is 1. The van der Waals surface area contributed by atoms with Gasteiger partial charge in [0.05, 0.1) is 5.75 Å². The maximum absolute atomic E-state index is 12.1. The van der Waals surface area contributed by atoms with Crippen molar-refractivity contribution in [2.45, 2.75) is 31.0 Å². The molecule has 0 unspecified atom stereocenters. The molecule has 3 aromatic rings. The van der Waals surface area contributed by atoms with Crippen LogP contribution < -0.4 is 5.32 Å². The number of amides is 1. The van der Waals surface area contributed by atoms with Crippen molar-refractivity contribution in [2.24, 2.45) is 0 Å². The molecule has 0 saturated heterocycles. The molecule has 0 spiro atoms. The molecule has 0 saturated carbocycles. The average molecular weight is 371 g/mol. The summed E-state index contributed by atoms with van der Waals surface area (Å²) in [4.78, 5) is 16.2. The Kier molecular flexibility index (Phi) is 4.09. The van der Waals surface area contributed by atoms with E-state index in [9.17, 15) is 4.79 Å². The summed E-state index contributed by atoms with van der Waals surface area (Å²) in [5.41, 5.74) is 2.26. The number of aromatic nitrogens is 4. The van der Waals surface area contributed by atoms with Gasteiger partial charge in [0, 0.05) is 22.7 Å². The third-order valence-electron chi connectivity index (χ3n) is 4.13. The lowest BCUT2D eigenvalue weighted by molar-refractivity contribution is -0.113. The second kappa shape index (κ2) is 6.27. The van der Waals surface area contributed by atoms with Gasteiger partial charge in [-0.1, -0.05) is 36.0 Å². The Morgan fingerprint density at radius 3 is 3.00 bits per heavy atom. The number of carbonyl (C=O) groups excluding carboxylic acids is 1. The molecule has 1 aliphatic rings. The van der Waals surface area contributed by atoms with Crippen molar-refractivity contribution in [3.05, 3.63) is 41.4 Å². The highest BCUT2D eigenvalue weighted by molar-refractivity contribution is 7.99. The Balaban J connectivity index is 1.57. The summed E-state index contributed by atoms with van der Waals surface area (Å²) in [5, 5.41) is 14.7. The number of rotatable bonds is 4. The van der Waals surface area contributed by atoms with E-state index in [1.54, 1.807) is 6.20 Å². The average Bonchev–Trinajstić information content (AvgIpc) is 3.22. The van der Waals surface area contributed by atoms with Crippen LogP contribution in [-0.2, 0) is 16.8 Å². The zero-order chi connectivity index (χ0) is 17.4. The van der Waals surface area contributed by atoms with Gasteiger partial charge in [0.15, 0.2) is 16.1 Å². The Hall–Kier alpha value is -2.19. The van der Waals surface area contributed by atoms with Crippen LogP contribution in [0.3, 0.4) is 0 Å². The number of nitrogens with zero attached hydrogens (tertiary/aromatic N) is 4. The minimum Gasteiger partial charge on any atom is -0.301 e. The first-order valence-corrected chi connectivity index (χ1v) is 9.77. The highest BCUT2D eigenvalue weighted by Crippen LogP contribution is 2.39. The zero-order valence-corrected chi connectivity index (χ0v) is 15.5. The molecule has 128 valence electrons. The summed E-state index contributed by atoms with van der Waals surface area (Å²) in [7, 11) is 0. The van der Waals surface area contributed by atoms with E-state index in [-0.39, 0.29) is 17.2 Å². The second-order valence-corrected chi connectivity index (χ2v) is 8.30. The lowest BCUT2D eigenvalue weighted by atomic mass is 9.87. The number of fused-ring (bicyclic) bond motifs is 3. The van der Waals surface area contributed by atoms with Gasteiger partial charge in [-0.15, -0.1) is 21.5 Å². The smallest absolute Gasteiger partial charge is 0.236 e.